The Bertz CT molecular complexity index is 1100. The number of Topliss-reactive ketones (excluding diaryl/α,β-unsaturated/α-hetero) is 1. The minimum Gasteiger partial charge on any atom is -0.293 e. The lowest BCUT2D eigenvalue weighted by molar-refractivity contribution is 0.0993. The number of hydrogen-bond acceptors (Lipinski definition) is 5. The van der Waals surface area contributed by atoms with Crippen LogP contribution in [0.1, 0.15) is 28.4 Å². The predicted octanol–water partition coefficient (Wildman–Crippen LogP) is 4.92. The van der Waals surface area contributed by atoms with Gasteiger partial charge < -0.3 is 0 Å². The second kappa shape index (κ2) is 6.28. The molecule has 0 aliphatic rings. The molecule has 126 valence electrons. The van der Waals surface area contributed by atoms with E-state index in [2.05, 4.69) is 22.3 Å². The Labute approximate surface area is 153 Å². The van der Waals surface area contributed by atoms with E-state index in [1.54, 1.807) is 11.3 Å². The van der Waals surface area contributed by atoms with Crippen LogP contribution < -0.4 is 0 Å². The third-order valence-electron chi connectivity index (χ3n) is 4.22. The molecule has 0 radical (unpaired) electrons. The van der Waals surface area contributed by atoms with Crippen LogP contribution in [0.4, 0.5) is 0 Å². The number of rotatable bonds is 4. The number of benzene rings is 2. The van der Waals surface area contributed by atoms with Gasteiger partial charge >= 0.3 is 0 Å². The molecular weight excluding hydrogens is 350 g/mol. The SMILES string of the molecule is Cc1ccc(C)c(C(=O)[C@@H](C)Sc2nnc3sc4ccccc4n23)c1. The van der Waals surface area contributed by atoms with Crippen LogP contribution >= 0.6 is 23.1 Å². The molecule has 0 aliphatic heterocycles. The van der Waals surface area contributed by atoms with Crippen LogP contribution in [0.3, 0.4) is 0 Å². The van der Waals surface area contributed by atoms with Gasteiger partial charge in [-0.3, -0.25) is 9.20 Å². The van der Waals surface area contributed by atoms with E-state index in [0.29, 0.717) is 0 Å². The van der Waals surface area contributed by atoms with E-state index in [1.807, 2.05) is 55.5 Å². The number of aryl methyl sites for hydroxylation is 2. The summed E-state index contributed by atoms with van der Waals surface area (Å²) in [6, 6.07) is 14.2. The van der Waals surface area contributed by atoms with Crippen molar-refractivity contribution < 1.29 is 4.79 Å². The van der Waals surface area contributed by atoms with Gasteiger partial charge in [0.2, 0.25) is 4.96 Å². The van der Waals surface area contributed by atoms with Gasteiger partial charge in [-0.2, -0.15) is 0 Å². The predicted molar refractivity (Wildman–Crippen MR) is 104 cm³/mol. The number of hydrogen-bond donors (Lipinski definition) is 0. The third-order valence-corrected chi connectivity index (χ3v) is 6.28. The summed E-state index contributed by atoms with van der Waals surface area (Å²) in [5, 5.41) is 9.10. The van der Waals surface area contributed by atoms with E-state index in [-0.39, 0.29) is 11.0 Å². The zero-order chi connectivity index (χ0) is 17.6. The maximum Gasteiger partial charge on any atom is 0.217 e. The molecule has 2 heterocycles. The van der Waals surface area contributed by atoms with Crippen LogP contribution in [-0.2, 0) is 0 Å². The molecule has 0 aliphatic carbocycles. The quantitative estimate of drug-likeness (QED) is 0.379. The van der Waals surface area contributed by atoms with Gasteiger partial charge in [0.15, 0.2) is 10.9 Å². The van der Waals surface area contributed by atoms with Crippen LogP contribution in [-0.4, -0.2) is 25.6 Å². The average Bonchev–Trinajstić information content (AvgIpc) is 3.16. The Morgan fingerprint density at radius 3 is 2.80 bits per heavy atom. The number of ketones is 1. The Balaban J connectivity index is 1.69. The van der Waals surface area contributed by atoms with Gasteiger partial charge in [0.1, 0.15) is 0 Å². The maximum atomic E-state index is 12.9. The third kappa shape index (κ3) is 2.85. The minimum atomic E-state index is -0.230. The van der Waals surface area contributed by atoms with E-state index in [0.717, 1.165) is 32.3 Å². The van der Waals surface area contributed by atoms with E-state index in [4.69, 9.17) is 0 Å². The molecule has 4 rings (SSSR count). The van der Waals surface area contributed by atoms with Gasteiger partial charge in [-0.25, -0.2) is 0 Å². The summed E-state index contributed by atoms with van der Waals surface area (Å²) in [5.74, 6) is 0.127. The summed E-state index contributed by atoms with van der Waals surface area (Å²) in [6.07, 6.45) is 0. The van der Waals surface area contributed by atoms with Gasteiger partial charge in [0.25, 0.3) is 0 Å². The number of carbonyl (C=O) groups excluding carboxylic acids is 1. The van der Waals surface area contributed by atoms with Crippen molar-refractivity contribution in [3.63, 3.8) is 0 Å². The van der Waals surface area contributed by atoms with E-state index in [1.165, 1.54) is 16.5 Å². The summed E-state index contributed by atoms with van der Waals surface area (Å²) in [6.45, 7) is 5.92. The molecule has 4 nitrogen and oxygen atoms in total. The highest BCUT2D eigenvalue weighted by Gasteiger charge is 2.22. The highest BCUT2D eigenvalue weighted by molar-refractivity contribution is 8.00. The molecule has 4 aromatic rings. The van der Waals surface area contributed by atoms with E-state index in [9.17, 15) is 4.79 Å². The number of fused-ring (bicyclic) bond motifs is 3. The Hall–Kier alpha value is -2.18. The van der Waals surface area contributed by atoms with Crippen molar-refractivity contribution in [3.8, 4) is 0 Å². The van der Waals surface area contributed by atoms with Gasteiger partial charge in [-0.05, 0) is 44.5 Å². The average molecular weight is 367 g/mol. The van der Waals surface area contributed by atoms with Crippen molar-refractivity contribution in [1.82, 2.24) is 14.6 Å². The first-order valence-corrected chi connectivity index (χ1v) is 9.75. The summed E-state index contributed by atoms with van der Waals surface area (Å²) >= 11 is 3.07. The molecular formula is C19H17N3OS2. The summed E-state index contributed by atoms with van der Waals surface area (Å²) in [4.78, 5) is 13.8. The van der Waals surface area contributed by atoms with Crippen LogP contribution in [0.15, 0.2) is 47.6 Å². The zero-order valence-corrected chi connectivity index (χ0v) is 15.8. The van der Waals surface area contributed by atoms with Gasteiger partial charge in [-0.15, -0.1) is 10.2 Å². The highest BCUT2D eigenvalue weighted by atomic mass is 32.2. The van der Waals surface area contributed by atoms with Gasteiger partial charge in [0, 0.05) is 5.56 Å². The summed E-state index contributed by atoms with van der Waals surface area (Å²) < 4.78 is 3.21. The van der Waals surface area contributed by atoms with E-state index >= 15 is 0 Å². The lowest BCUT2D eigenvalue weighted by atomic mass is 10.0. The maximum absolute atomic E-state index is 12.9. The zero-order valence-electron chi connectivity index (χ0n) is 14.2. The normalized spacial score (nSPS) is 12.8. The smallest absolute Gasteiger partial charge is 0.217 e. The van der Waals surface area contributed by atoms with Crippen LogP contribution in [0, 0.1) is 13.8 Å². The van der Waals surface area contributed by atoms with Crippen LogP contribution in [0.5, 0.6) is 0 Å². The van der Waals surface area contributed by atoms with Crippen molar-refractivity contribution in [2.75, 3.05) is 0 Å². The number of carbonyl (C=O) groups is 1. The second-order valence-corrected chi connectivity index (χ2v) is 8.43. The number of thiazole rings is 1. The molecule has 0 N–H and O–H groups in total. The number of para-hydroxylation sites is 1. The second-order valence-electron chi connectivity index (χ2n) is 6.11. The molecule has 0 amide bonds. The molecule has 2 aromatic heterocycles. The first-order valence-electron chi connectivity index (χ1n) is 8.05. The fourth-order valence-electron chi connectivity index (χ4n) is 2.86. The van der Waals surface area contributed by atoms with Crippen molar-refractivity contribution in [1.29, 1.82) is 0 Å². The van der Waals surface area contributed by atoms with E-state index < -0.39 is 0 Å². The number of nitrogens with zero attached hydrogens (tertiary/aromatic N) is 3. The lowest BCUT2D eigenvalue weighted by Crippen LogP contribution is -2.15. The first kappa shape index (κ1) is 16.3. The molecule has 0 saturated carbocycles. The Kier molecular flexibility index (Phi) is 4.09. The van der Waals surface area contributed by atoms with Gasteiger partial charge in [-0.1, -0.05) is 52.9 Å². The molecule has 0 fully saturated rings. The molecule has 0 spiro atoms. The standard InChI is InChI=1S/C19H17N3OS2/c1-11-8-9-12(2)14(10-11)17(23)13(3)24-18-20-21-19-22(18)15-6-4-5-7-16(15)25-19/h4-10,13H,1-3H3/t13-/m1/s1. The minimum absolute atomic E-state index is 0.127. The molecule has 0 unspecified atom stereocenters. The summed E-state index contributed by atoms with van der Waals surface area (Å²) in [7, 11) is 0. The Morgan fingerprint density at radius 2 is 1.96 bits per heavy atom. The fourth-order valence-corrected chi connectivity index (χ4v) is 4.81. The summed E-state index contributed by atoms with van der Waals surface area (Å²) in [5.41, 5.74) is 3.98. The van der Waals surface area contributed by atoms with Crippen molar-refractivity contribution >= 4 is 44.1 Å². The molecule has 0 bridgehead atoms. The van der Waals surface area contributed by atoms with Crippen molar-refractivity contribution in [2.45, 2.75) is 31.2 Å². The fraction of sp³-hybridized carbons (Fsp3) is 0.211. The molecule has 25 heavy (non-hydrogen) atoms. The monoisotopic (exact) mass is 367 g/mol. The van der Waals surface area contributed by atoms with Crippen molar-refractivity contribution in [3.05, 3.63) is 59.2 Å². The highest BCUT2D eigenvalue weighted by Crippen LogP contribution is 2.32. The number of thioether (sulfide) groups is 1. The lowest BCUT2D eigenvalue weighted by Gasteiger charge is -2.11. The Morgan fingerprint density at radius 1 is 1.16 bits per heavy atom. The van der Waals surface area contributed by atoms with Gasteiger partial charge in [0.05, 0.1) is 15.5 Å². The molecule has 0 saturated heterocycles. The van der Waals surface area contributed by atoms with Crippen LogP contribution in [0.25, 0.3) is 15.2 Å². The van der Waals surface area contributed by atoms with Crippen LogP contribution in [0.2, 0.25) is 0 Å². The number of aromatic nitrogens is 3. The van der Waals surface area contributed by atoms with Crippen molar-refractivity contribution in [2.24, 2.45) is 0 Å². The molecule has 1 atom stereocenters. The largest absolute Gasteiger partial charge is 0.293 e. The topological polar surface area (TPSA) is 47.3 Å². The molecule has 2 aromatic carbocycles. The molecule has 6 heteroatoms. The first-order chi connectivity index (χ1) is 12.0.